The Hall–Kier alpha value is 0.966. The van der Waals surface area contributed by atoms with Crippen LogP contribution in [-0.4, -0.2) is 12.1 Å². The van der Waals surface area contributed by atoms with E-state index >= 15 is 0 Å². The standard InChI is InChI=1S/C8H11.C6H7.2CH3.2ClH.GeH2.Zr/c1-6-4-7(2)8(3)5-6;1-6-4-2-3-5-6;;;;;;/h4,6H,1-3H3;4-5H,2H2,1H3;2*1H3;2*1H;1H2;. The third-order valence-corrected chi connectivity index (χ3v) is 27.5. The Morgan fingerprint density at radius 1 is 1.15 bits per heavy atom. The molecule has 2 rings (SSSR count). The van der Waals surface area contributed by atoms with E-state index in [0.29, 0.717) is 5.92 Å². The van der Waals surface area contributed by atoms with Crippen LogP contribution in [0.4, 0.5) is 0 Å². The van der Waals surface area contributed by atoms with Crippen LogP contribution in [0.5, 0.6) is 0 Å². The third-order valence-electron chi connectivity index (χ3n) is 4.89. The molecule has 4 heteroatoms. The van der Waals surface area contributed by atoms with E-state index in [1.165, 1.54) is 29.7 Å². The van der Waals surface area contributed by atoms with E-state index < -0.39 is 15.7 Å². The van der Waals surface area contributed by atoms with E-state index in [0.717, 1.165) is 0 Å². The fraction of sp³-hybridized carbons (Fsp3) is 0.500. The van der Waals surface area contributed by atoms with Crippen LogP contribution in [0.15, 0.2) is 41.5 Å². The predicted molar refractivity (Wildman–Crippen MR) is 96.8 cm³/mol. The molecule has 0 N–H and O–H groups in total. The van der Waals surface area contributed by atoms with E-state index in [2.05, 4.69) is 55.2 Å². The largest absolute Gasteiger partial charge is 0.147 e. The van der Waals surface area contributed by atoms with Gasteiger partial charge in [-0.1, -0.05) is 0 Å². The molecule has 0 amide bonds. The number of rotatable bonds is 2. The summed E-state index contributed by atoms with van der Waals surface area (Å²) in [6.45, 7) is 9.30. The second-order valence-corrected chi connectivity index (χ2v) is 49.6. The van der Waals surface area contributed by atoms with Crippen LogP contribution in [0.1, 0.15) is 34.1 Å². The minimum absolute atomic E-state index is 0. The molecule has 1 unspecified atom stereocenters. The minimum atomic E-state index is -2.77. The van der Waals surface area contributed by atoms with Gasteiger partial charge in [0, 0.05) is 0 Å². The Kier molecular flexibility index (Phi) is 6.93. The fourth-order valence-electron chi connectivity index (χ4n) is 3.86. The summed E-state index contributed by atoms with van der Waals surface area (Å²) >= 11 is -1.27. The molecule has 114 valence electrons. The molecule has 0 aromatic rings. The monoisotopic (exact) mass is 454 g/mol. The summed E-state index contributed by atoms with van der Waals surface area (Å²) in [7, 11) is 0. The number of halogens is 2. The van der Waals surface area contributed by atoms with Gasteiger partial charge in [-0.25, -0.2) is 0 Å². The van der Waals surface area contributed by atoms with Gasteiger partial charge in [-0.3, -0.25) is 0 Å². The molecule has 0 saturated heterocycles. The molecule has 0 aliphatic heterocycles. The first-order valence-corrected chi connectivity index (χ1v) is 24.9. The molecule has 0 aromatic heterocycles. The average molecular weight is 455 g/mol. The zero-order valence-electron chi connectivity index (χ0n) is 13.5. The van der Waals surface area contributed by atoms with Crippen LogP contribution in [0.3, 0.4) is 0 Å². The molecule has 20 heavy (non-hydrogen) atoms. The third kappa shape index (κ3) is 3.48. The second-order valence-electron chi connectivity index (χ2n) is 7.18. The van der Waals surface area contributed by atoms with E-state index in [1.54, 1.807) is 5.57 Å². The predicted octanol–water partition coefficient (Wildman–Crippen LogP) is 5.27. The molecule has 0 radical (unpaired) electrons. The van der Waals surface area contributed by atoms with Crippen molar-refractivity contribution in [3.05, 3.63) is 41.5 Å². The SMILES string of the molecule is CC1=CC[C]([Zr]([CH3])([CH3])(=[GeH2])[C]2=C(C)C(C)=CC2C)=C1.Cl.Cl. The van der Waals surface area contributed by atoms with Gasteiger partial charge in [-0.2, -0.15) is 0 Å². The molecule has 2 aliphatic rings. The molecule has 0 nitrogen and oxygen atoms in total. The summed E-state index contributed by atoms with van der Waals surface area (Å²) in [6, 6.07) is 0. The summed E-state index contributed by atoms with van der Waals surface area (Å²) in [5, 5.41) is 0. The smallest absolute Gasteiger partial charge is 0.147 e. The van der Waals surface area contributed by atoms with Crippen LogP contribution in [0.2, 0.25) is 9.26 Å². The average Bonchev–Trinajstić information content (AvgIpc) is 2.73. The van der Waals surface area contributed by atoms with Gasteiger partial charge in [-0.15, -0.1) is 24.8 Å². The van der Waals surface area contributed by atoms with Gasteiger partial charge in [0.15, 0.2) is 0 Å². The summed E-state index contributed by atoms with van der Waals surface area (Å²) in [5.74, 6) is 0.682. The van der Waals surface area contributed by atoms with Crippen LogP contribution in [0, 0.1) is 5.92 Å². The molecule has 2 aliphatic carbocycles. The van der Waals surface area contributed by atoms with Crippen molar-refractivity contribution in [2.45, 2.75) is 43.4 Å². The maximum Gasteiger partial charge on any atom is -0.147 e. The van der Waals surface area contributed by atoms with Gasteiger partial charge in [0.2, 0.25) is 0 Å². The molecule has 0 spiro atoms. The number of hydrogen-bond acceptors (Lipinski definition) is 0. The van der Waals surface area contributed by atoms with Crippen LogP contribution in [0.25, 0.3) is 0 Å². The molecule has 0 aromatic carbocycles. The molecule has 0 heterocycles. The van der Waals surface area contributed by atoms with E-state index in [-0.39, 0.29) is 24.8 Å². The topological polar surface area (TPSA) is 0 Å². The van der Waals surface area contributed by atoms with E-state index in [4.69, 9.17) is 0 Å². The maximum absolute atomic E-state index is 2.77. The summed E-state index contributed by atoms with van der Waals surface area (Å²) < 4.78 is 9.02. The van der Waals surface area contributed by atoms with Gasteiger partial charge < -0.3 is 0 Å². The van der Waals surface area contributed by atoms with Crippen molar-refractivity contribution in [1.29, 1.82) is 0 Å². The van der Waals surface area contributed by atoms with Gasteiger partial charge in [0.05, 0.1) is 0 Å². The van der Waals surface area contributed by atoms with Crippen LogP contribution < -0.4 is 0 Å². The van der Waals surface area contributed by atoms with Crippen molar-refractivity contribution in [2.75, 3.05) is 0 Å². The maximum atomic E-state index is 2.67. The summed E-state index contributed by atoms with van der Waals surface area (Å²) in [6.07, 6.45) is 8.64. The number of allylic oxidation sites excluding steroid dienone is 8. The first kappa shape index (κ1) is 21.0. The minimum Gasteiger partial charge on any atom is -0.147 e. The molecular weight excluding hydrogens is 427 g/mol. The zero-order valence-corrected chi connectivity index (χ0v) is 20.6. The quantitative estimate of drug-likeness (QED) is 0.498. The molecule has 0 fully saturated rings. The normalized spacial score (nSPS) is 22.8. The van der Waals surface area contributed by atoms with Gasteiger partial charge in [0.25, 0.3) is 0 Å². The molecule has 0 saturated carbocycles. The molecule has 1 atom stereocenters. The van der Waals surface area contributed by atoms with E-state index in [1.807, 2.05) is 6.56 Å². The van der Waals surface area contributed by atoms with Gasteiger partial charge in [-0.05, 0) is 0 Å². The summed E-state index contributed by atoms with van der Waals surface area (Å²) in [5.41, 5.74) is 4.63. The van der Waals surface area contributed by atoms with Crippen molar-refractivity contribution in [1.82, 2.24) is 0 Å². The Balaban J connectivity index is 0.00000180. The Labute approximate surface area is 142 Å². The van der Waals surface area contributed by atoms with Crippen molar-refractivity contribution in [3.8, 4) is 0 Å². The first-order chi connectivity index (χ1) is 8.12. The van der Waals surface area contributed by atoms with Gasteiger partial charge >= 0.3 is 119 Å². The van der Waals surface area contributed by atoms with Crippen LogP contribution in [-0.2, 0) is 15.7 Å². The Bertz CT molecular complexity index is 600. The van der Waals surface area contributed by atoms with Crippen molar-refractivity contribution in [2.24, 2.45) is 5.92 Å². The Morgan fingerprint density at radius 2 is 1.70 bits per heavy atom. The first-order valence-electron chi connectivity index (χ1n) is 6.97. The van der Waals surface area contributed by atoms with Crippen LogP contribution >= 0.6 is 24.8 Å². The fourth-order valence-corrected chi connectivity index (χ4v) is 25.9. The van der Waals surface area contributed by atoms with Crippen molar-refractivity contribution < 1.29 is 15.7 Å². The molecular formula is C16H28Cl2GeZr. The number of hydrogen-bond donors (Lipinski definition) is 0. The second kappa shape index (κ2) is 6.61. The summed E-state index contributed by atoms with van der Waals surface area (Å²) in [4.78, 5) is 0. The molecule has 0 bridgehead atoms. The zero-order chi connectivity index (χ0) is 13.7. The Morgan fingerprint density at radius 3 is 2.05 bits per heavy atom. The van der Waals surface area contributed by atoms with Crippen molar-refractivity contribution in [3.63, 3.8) is 0 Å². The van der Waals surface area contributed by atoms with E-state index in [9.17, 15) is 0 Å². The van der Waals surface area contributed by atoms with Crippen molar-refractivity contribution >= 4 is 37.0 Å². The van der Waals surface area contributed by atoms with Gasteiger partial charge in [0.1, 0.15) is 0 Å².